The van der Waals surface area contributed by atoms with Crippen LogP contribution in [0.2, 0.25) is 0 Å². The van der Waals surface area contributed by atoms with Gasteiger partial charge < -0.3 is 33.7 Å². The molecular weight excluding hydrogens is 604 g/mol. The van der Waals surface area contributed by atoms with E-state index in [0.29, 0.717) is 11.6 Å². The molecular formula is C31H33F2N7O6. The van der Waals surface area contributed by atoms with Crippen LogP contribution < -0.4 is 15.1 Å². The second-order valence-electron chi connectivity index (χ2n) is 11.2. The molecule has 0 aliphatic carbocycles. The van der Waals surface area contributed by atoms with E-state index in [1.165, 1.54) is 22.2 Å². The van der Waals surface area contributed by atoms with E-state index in [1.54, 1.807) is 16.8 Å². The number of rotatable bonds is 10. The summed E-state index contributed by atoms with van der Waals surface area (Å²) in [6.07, 6.45) is 5.40. The molecule has 13 nitrogen and oxygen atoms in total. The third-order valence-electron chi connectivity index (χ3n) is 8.07. The molecule has 46 heavy (non-hydrogen) atoms. The van der Waals surface area contributed by atoms with Crippen LogP contribution in [0.25, 0.3) is 5.65 Å². The summed E-state index contributed by atoms with van der Waals surface area (Å²) in [6.45, 7) is 8.30. The summed E-state index contributed by atoms with van der Waals surface area (Å²) in [5.41, 5.74) is 2.26. The number of nitrogens with one attached hydrogen (secondary N) is 1. The molecule has 3 aromatic rings. The van der Waals surface area contributed by atoms with Crippen LogP contribution in [0.4, 0.5) is 25.0 Å². The zero-order chi connectivity index (χ0) is 32.5. The number of nitrogens with zero attached hydrogens (tertiary/aromatic N) is 6. The third-order valence-corrected chi connectivity index (χ3v) is 8.07. The molecule has 2 atom stereocenters. The first-order valence-corrected chi connectivity index (χ1v) is 14.9. The first-order chi connectivity index (χ1) is 22.1. The Morgan fingerprint density at radius 3 is 2.57 bits per heavy atom. The smallest absolute Gasteiger partial charge is 0.414 e. The van der Waals surface area contributed by atoms with Gasteiger partial charge in [-0.05, 0) is 18.9 Å². The number of fused-ring (bicyclic) bond motifs is 1. The van der Waals surface area contributed by atoms with Crippen molar-refractivity contribution >= 4 is 34.9 Å². The number of halogens is 2. The zero-order valence-electron chi connectivity index (χ0n) is 25.4. The molecule has 3 aliphatic heterocycles. The monoisotopic (exact) mass is 637 g/mol. The van der Waals surface area contributed by atoms with Crippen molar-refractivity contribution in [2.45, 2.75) is 32.5 Å². The van der Waals surface area contributed by atoms with Gasteiger partial charge in [0.2, 0.25) is 5.91 Å². The second kappa shape index (κ2) is 12.7. The fourth-order valence-corrected chi connectivity index (χ4v) is 5.65. The normalized spacial score (nSPS) is 19.6. The molecule has 242 valence electrons. The number of amides is 3. The van der Waals surface area contributed by atoms with Crippen molar-refractivity contribution in [3.8, 4) is 0 Å². The van der Waals surface area contributed by atoms with Gasteiger partial charge in [-0.2, -0.15) is 0 Å². The Morgan fingerprint density at radius 1 is 1.15 bits per heavy atom. The molecule has 3 amide bonds. The van der Waals surface area contributed by atoms with Crippen LogP contribution in [0.15, 0.2) is 60.6 Å². The second-order valence-corrected chi connectivity index (χ2v) is 11.2. The zero-order valence-corrected chi connectivity index (χ0v) is 25.4. The Kier molecular flexibility index (Phi) is 8.47. The number of hydrogen-bond acceptors (Lipinski definition) is 9. The molecule has 2 aromatic heterocycles. The van der Waals surface area contributed by atoms with Crippen LogP contribution in [0.5, 0.6) is 0 Å². The van der Waals surface area contributed by atoms with E-state index in [-0.39, 0.29) is 75.0 Å². The lowest BCUT2D eigenvalue weighted by molar-refractivity contribution is -0.130. The number of anilines is 2. The Labute approximate surface area is 263 Å². The van der Waals surface area contributed by atoms with Crippen molar-refractivity contribution in [1.29, 1.82) is 0 Å². The summed E-state index contributed by atoms with van der Waals surface area (Å²) in [7, 11) is 0. The summed E-state index contributed by atoms with van der Waals surface area (Å²) in [4.78, 5) is 50.1. The maximum atomic E-state index is 15.3. The Bertz CT molecular complexity index is 1680. The van der Waals surface area contributed by atoms with Crippen molar-refractivity contribution in [3.05, 3.63) is 77.9 Å². The topological polar surface area (TPSA) is 131 Å². The summed E-state index contributed by atoms with van der Waals surface area (Å²) >= 11 is 0. The van der Waals surface area contributed by atoms with Crippen LogP contribution in [0.1, 0.15) is 30.8 Å². The van der Waals surface area contributed by atoms with Crippen LogP contribution in [-0.2, 0) is 19.0 Å². The van der Waals surface area contributed by atoms with Crippen molar-refractivity contribution in [2.75, 3.05) is 55.7 Å². The Morgan fingerprint density at radius 2 is 1.89 bits per heavy atom. The van der Waals surface area contributed by atoms with Gasteiger partial charge in [-0.15, -0.1) is 0 Å². The minimum atomic E-state index is -0.844. The minimum Gasteiger partial charge on any atom is -0.461 e. The molecule has 5 heterocycles. The van der Waals surface area contributed by atoms with Crippen LogP contribution >= 0.6 is 0 Å². The lowest BCUT2D eigenvalue weighted by atomic mass is 9.99. The highest BCUT2D eigenvalue weighted by atomic mass is 19.1. The van der Waals surface area contributed by atoms with Crippen LogP contribution in [0.3, 0.4) is 0 Å². The first-order valence-electron chi connectivity index (χ1n) is 14.9. The molecule has 2 fully saturated rings. The molecule has 2 saturated heterocycles. The van der Waals surface area contributed by atoms with Crippen molar-refractivity contribution in [1.82, 2.24) is 24.6 Å². The number of carbonyl (C=O) groups excluding carboxylic acids is 3. The van der Waals surface area contributed by atoms with E-state index in [4.69, 9.17) is 14.2 Å². The molecule has 6 rings (SSSR count). The van der Waals surface area contributed by atoms with Gasteiger partial charge in [0.05, 0.1) is 30.5 Å². The maximum absolute atomic E-state index is 15.3. The summed E-state index contributed by atoms with van der Waals surface area (Å²) in [5, 5.41) is 2.57. The standard InChI is InChI=1S/C31H33F2N7O6/c1-4-21-28(18(2)3)46-30(21)44-17-20-15-40(31(43)45-20)19-11-22(32)27(23(33)12-19)38-9-7-37(8-10-38)26(41)14-35-29(42)24-16-39-6-5-34-13-25(39)36-24/h5-6,11-13,16,20,28H,2,4,7-10,14-15,17H2,1,3H3,(H,35,42). The highest BCUT2D eigenvalue weighted by Gasteiger charge is 2.37. The van der Waals surface area contributed by atoms with Gasteiger partial charge >= 0.3 is 6.09 Å². The number of ether oxygens (including phenoxy) is 3. The number of aromatic nitrogens is 3. The molecule has 0 radical (unpaired) electrons. The molecule has 3 aliphatic rings. The SMILES string of the molecule is C=C(C)C1OC(OCC2CN(c3cc(F)c(N4CCN(C(=O)CNC(=O)c5cn6ccncc6n5)CC4)c(F)c3)C(=O)O2)=C1CC. The van der Waals surface area contributed by atoms with Gasteiger partial charge in [0, 0.05) is 56.9 Å². The number of cyclic esters (lactones) is 1. The first kappa shape index (κ1) is 30.8. The fraction of sp³-hybridized carbons (Fsp3) is 0.387. The van der Waals surface area contributed by atoms with Crippen molar-refractivity contribution in [2.24, 2.45) is 0 Å². The number of carbonyl (C=O) groups is 3. The van der Waals surface area contributed by atoms with E-state index >= 15 is 8.78 Å². The average molecular weight is 638 g/mol. The number of hydrogen-bond donors (Lipinski definition) is 1. The third kappa shape index (κ3) is 6.04. The van der Waals surface area contributed by atoms with E-state index in [9.17, 15) is 14.4 Å². The predicted octanol–water partition coefficient (Wildman–Crippen LogP) is 3.02. The van der Waals surface area contributed by atoms with Gasteiger partial charge in [-0.1, -0.05) is 13.5 Å². The van der Waals surface area contributed by atoms with Gasteiger partial charge in [0.15, 0.2) is 29.5 Å². The molecule has 0 spiro atoms. The van der Waals surface area contributed by atoms with Crippen LogP contribution in [0, 0.1) is 11.6 Å². The fourth-order valence-electron chi connectivity index (χ4n) is 5.65. The quantitative estimate of drug-likeness (QED) is 0.334. The average Bonchev–Trinajstić information content (AvgIpc) is 3.62. The van der Waals surface area contributed by atoms with Gasteiger partial charge in [-0.3, -0.25) is 19.5 Å². The highest BCUT2D eigenvalue weighted by molar-refractivity contribution is 5.95. The number of piperazine rings is 1. The molecule has 0 saturated carbocycles. The number of benzene rings is 1. The lowest BCUT2D eigenvalue weighted by Gasteiger charge is -2.36. The van der Waals surface area contributed by atoms with Crippen LogP contribution in [-0.4, -0.2) is 95.3 Å². The Balaban J connectivity index is 1.01. The molecule has 2 unspecified atom stereocenters. The summed E-state index contributed by atoms with van der Waals surface area (Å²) < 4.78 is 49.0. The summed E-state index contributed by atoms with van der Waals surface area (Å²) in [6, 6.07) is 2.19. The predicted molar refractivity (Wildman–Crippen MR) is 161 cm³/mol. The molecule has 1 aromatic carbocycles. The van der Waals surface area contributed by atoms with E-state index in [2.05, 4.69) is 21.9 Å². The lowest BCUT2D eigenvalue weighted by Crippen LogP contribution is -2.51. The summed E-state index contributed by atoms with van der Waals surface area (Å²) in [5.74, 6) is -2.14. The van der Waals surface area contributed by atoms with Crippen molar-refractivity contribution in [3.63, 3.8) is 0 Å². The van der Waals surface area contributed by atoms with E-state index in [0.717, 1.165) is 34.6 Å². The minimum absolute atomic E-state index is 0.0216. The van der Waals surface area contributed by atoms with Gasteiger partial charge in [0.1, 0.15) is 18.0 Å². The molecule has 15 heteroatoms. The van der Waals surface area contributed by atoms with Crippen molar-refractivity contribution < 1.29 is 37.4 Å². The number of imidazole rings is 1. The molecule has 1 N–H and O–H groups in total. The van der Waals surface area contributed by atoms with Gasteiger partial charge in [-0.25, -0.2) is 18.6 Å². The molecule has 0 bridgehead atoms. The highest BCUT2D eigenvalue weighted by Crippen LogP contribution is 2.35. The largest absolute Gasteiger partial charge is 0.461 e. The Hall–Kier alpha value is -5.21. The maximum Gasteiger partial charge on any atom is 0.414 e. The van der Waals surface area contributed by atoms with E-state index in [1.807, 2.05) is 13.8 Å². The van der Waals surface area contributed by atoms with Gasteiger partial charge in [0.25, 0.3) is 11.9 Å². The van der Waals surface area contributed by atoms with E-state index < -0.39 is 29.7 Å².